The fourth-order valence-electron chi connectivity index (χ4n) is 3.59. The number of fused-ring (bicyclic) bond motifs is 1. The summed E-state index contributed by atoms with van der Waals surface area (Å²) in [6, 6.07) is 20.2. The molecule has 0 bridgehead atoms. The predicted octanol–water partition coefficient (Wildman–Crippen LogP) is 2.98. The lowest BCUT2D eigenvalue weighted by molar-refractivity contribution is -0.127. The van der Waals surface area contributed by atoms with Gasteiger partial charge in [-0.15, -0.1) is 0 Å². The van der Waals surface area contributed by atoms with Gasteiger partial charge < -0.3 is 19.5 Å². The number of hydrogen-bond donors (Lipinski definition) is 1. The molecule has 0 saturated heterocycles. The molecule has 0 unspecified atom stereocenters. The summed E-state index contributed by atoms with van der Waals surface area (Å²) in [6.45, 7) is 0.0543. The number of carbonyl (C=O) groups is 1. The second kappa shape index (κ2) is 9.41. The molecule has 3 aromatic carbocycles. The van der Waals surface area contributed by atoms with Crippen LogP contribution in [-0.4, -0.2) is 41.2 Å². The first-order chi connectivity index (χ1) is 15.9. The van der Waals surface area contributed by atoms with E-state index in [1.54, 1.807) is 49.6 Å². The Kier molecular flexibility index (Phi) is 6.41. The molecule has 0 spiro atoms. The second-order valence-electron chi connectivity index (χ2n) is 7.32. The van der Waals surface area contributed by atoms with E-state index in [0.717, 1.165) is 5.56 Å². The maximum absolute atomic E-state index is 13.5. The highest BCUT2D eigenvalue weighted by Crippen LogP contribution is 2.37. The summed E-state index contributed by atoms with van der Waals surface area (Å²) in [4.78, 5) is 13.0. The van der Waals surface area contributed by atoms with Crippen LogP contribution in [0.2, 0.25) is 0 Å². The Balaban J connectivity index is 1.59. The minimum absolute atomic E-state index is 0.0909. The van der Waals surface area contributed by atoms with Crippen LogP contribution in [0.1, 0.15) is 5.56 Å². The molecule has 1 aliphatic heterocycles. The highest BCUT2D eigenvalue weighted by Gasteiger charge is 2.37. The molecule has 3 aromatic rings. The molecule has 1 N–H and O–H groups in total. The Labute approximate surface area is 192 Å². The smallest absolute Gasteiger partial charge is 0.264 e. The molecule has 33 heavy (non-hydrogen) atoms. The first-order valence-corrected chi connectivity index (χ1v) is 11.7. The zero-order chi connectivity index (χ0) is 23.4. The van der Waals surface area contributed by atoms with Crippen LogP contribution < -0.4 is 23.8 Å². The van der Waals surface area contributed by atoms with E-state index < -0.39 is 22.0 Å². The summed E-state index contributed by atoms with van der Waals surface area (Å²) < 4.78 is 44.4. The van der Waals surface area contributed by atoms with E-state index in [4.69, 9.17) is 14.2 Å². The van der Waals surface area contributed by atoms with E-state index in [9.17, 15) is 13.2 Å². The van der Waals surface area contributed by atoms with Gasteiger partial charge in [-0.1, -0.05) is 30.3 Å². The number of nitrogens with one attached hydrogen (secondary N) is 1. The van der Waals surface area contributed by atoms with Gasteiger partial charge in [0.1, 0.15) is 17.2 Å². The van der Waals surface area contributed by atoms with Gasteiger partial charge >= 0.3 is 0 Å². The highest BCUT2D eigenvalue weighted by atomic mass is 32.2. The molecule has 8 nitrogen and oxygen atoms in total. The van der Waals surface area contributed by atoms with Crippen molar-refractivity contribution in [1.82, 2.24) is 5.32 Å². The number of anilines is 1. The van der Waals surface area contributed by atoms with Gasteiger partial charge in [-0.25, -0.2) is 8.42 Å². The number of nitrogens with zero attached hydrogens (tertiary/aromatic N) is 1. The van der Waals surface area contributed by atoms with Gasteiger partial charge in [-0.05, 0) is 42.5 Å². The minimum atomic E-state index is -3.95. The SMILES string of the molecule is COc1ccc(S(=O)(=O)N2C[C@@H](C(=O)NCc3ccccc3OC)Oc3ccccc32)cc1. The lowest BCUT2D eigenvalue weighted by Crippen LogP contribution is -2.50. The summed E-state index contributed by atoms with van der Waals surface area (Å²) in [5, 5.41) is 2.82. The average molecular weight is 469 g/mol. The largest absolute Gasteiger partial charge is 0.497 e. The fraction of sp³-hybridized carbons (Fsp3) is 0.208. The van der Waals surface area contributed by atoms with Gasteiger partial charge in [-0.3, -0.25) is 9.10 Å². The summed E-state index contributed by atoms with van der Waals surface area (Å²) in [5.74, 6) is 1.09. The number of amides is 1. The van der Waals surface area contributed by atoms with Gasteiger partial charge in [0.15, 0.2) is 6.10 Å². The molecular formula is C24H24N2O6S. The van der Waals surface area contributed by atoms with Crippen LogP contribution in [0.5, 0.6) is 17.2 Å². The molecule has 9 heteroatoms. The zero-order valence-corrected chi connectivity index (χ0v) is 19.0. The van der Waals surface area contributed by atoms with E-state index in [2.05, 4.69) is 5.32 Å². The van der Waals surface area contributed by atoms with E-state index in [0.29, 0.717) is 22.9 Å². The number of methoxy groups -OCH3 is 2. The van der Waals surface area contributed by atoms with Gasteiger partial charge in [0, 0.05) is 12.1 Å². The van der Waals surface area contributed by atoms with Crippen molar-refractivity contribution in [1.29, 1.82) is 0 Å². The normalized spacial score (nSPS) is 15.2. The van der Waals surface area contributed by atoms with Crippen LogP contribution in [-0.2, 0) is 21.4 Å². The van der Waals surface area contributed by atoms with Crippen molar-refractivity contribution < 1.29 is 27.4 Å². The van der Waals surface area contributed by atoms with E-state index in [1.807, 2.05) is 18.2 Å². The first kappa shape index (κ1) is 22.5. The lowest BCUT2D eigenvalue weighted by Gasteiger charge is -2.34. The highest BCUT2D eigenvalue weighted by molar-refractivity contribution is 7.92. The number of para-hydroxylation sites is 3. The molecule has 1 amide bonds. The Morgan fingerprint density at radius 1 is 1.00 bits per heavy atom. The Hall–Kier alpha value is -3.72. The van der Waals surface area contributed by atoms with Crippen molar-refractivity contribution >= 4 is 21.6 Å². The standard InChI is InChI=1S/C24H24N2O6S/c1-30-18-11-13-19(14-12-18)33(28,29)26-16-23(32-22-10-6-4-8-20(22)26)24(27)25-15-17-7-3-5-9-21(17)31-2/h3-14,23H,15-16H2,1-2H3,(H,25,27)/t23-/m0/s1. The van der Waals surface area contributed by atoms with Crippen LogP contribution in [0.25, 0.3) is 0 Å². The van der Waals surface area contributed by atoms with Crippen LogP contribution in [0.15, 0.2) is 77.7 Å². The van der Waals surface area contributed by atoms with Crippen LogP contribution in [0.4, 0.5) is 5.69 Å². The summed E-state index contributed by atoms with van der Waals surface area (Å²) in [6.07, 6.45) is -1.03. The maximum Gasteiger partial charge on any atom is 0.264 e. The van der Waals surface area contributed by atoms with Crippen LogP contribution >= 0.6 is 0 Å². The number of ether oxygens (including phenoxy) is 3. The van der Waals surface area contributed by atoms with Crippen molar-refractivity contribution in [2.24, 2.45) is 0 Å². The number of sulfonamides is 1. The molecule has 4 rings (SSSR count). The Bertz CT molecular complexity index is 1240. The summed E-state index contributed by atoms with van der Waals surface area (Å²) in [5.41, 5.74) is 1.18. The third-order valence-electron chi connectivity index (χ3n) is 5.32. The summed E-state index contributed by atoms with van der Waals surface area (Å²) in [7, 11) is -0.878. The number of benzene rings is 3. The molecule has 0 aromatic heterocycles. The third-order valence-corrected chi connectivity index (χ3v) is 7.11. The lowest BCUT2D eigenvalue weighted by atomic mass is 10.2. The van der Waals surface area contributed by atoms with E-state index in [1.165, 1.54) is 23.5 Å². The van der Waals surface area contributed by atoms with E-state index >= 15 is 0 Å². The molecule has 172 valence electrons. The van der Waals surface area contributed by atoms with Crippen molar-refractivity contribution in [2.75, 3.05) is 25.1 Å². The van der Waals surface area contributed by atoms with Crippen molar-refractivity contribution in [2.45, 2.75) is 17.5 Å². The molecule has 1 aliphatic rings. The fourth-order valence-corrected chi connectivity index (χ4v) is 5.06. The van der Waals surface area contributed by atoms with Gasteiger partial charge in [0.25, 0.3) is 15.9 Å². The van der Waals surface area contributed by atoms with Gasteiger partial charge in [0.2, 0.25) is 0 Å². The third kappa shape index (κ3) is 4.58. The molecule has 1 heterocycles. The van der Waals surface area contributed by atoms with Crippen molar-refractivity contribution in [3.05, 3.63) is 78.4 Å². The topological polar surface area (TPSA) is 94.2 Å². The van der Waals surface area contributed by atoms with Crippen LogP contribution in [0.3, 0.4) is 0 Å². The van der Waals surface area contributed by atoms with E-state index in [-0.39, 0.29) is 18.0 Å². The molecule has 0 saturated carbocycles. The van der Waals surface area contributed by atoms with Crippen molar-refractivity contribution in [3.63, 3.8) is 0 Å². The van der Waals surface area contributed by atoms with Gasteiger partial charge in [0.05, 0.1) is 31.3 Å². The summed E-state index contributed by atoms with van der Waals surface area (Å²) >= 11 is 0. The quantitative estimate of drug-likeness (QED) is 0.573. The van der Waals surface area contributed by atoms with Crippen LogP contribution in [0, 0.1) is 0 Å². The molecule has 0 fully saturated rings. The molecule has 0 radical (unpaired) electrons. The second-order valence-corrected chi connectivity index (χ2v) is 9.18. The van der Waals surface area contributed by atoms with Gasteiger partial charge in [-0.2, -0.15) is 0 Å². The number of hydrogen-bond acceptors (Lipinski definition) is 6. The number of carbonyl (C=O) groups excluding carboxylic acids is 1. The predicted molar refractivity (Wildman–Crippen MR) is 123 cm³/mol. The molecule has 0 aliphatic carbocycles. The minimum Gasteiger partial charge on any atom is -0.497 e. The average Bonchev–Trinajstić information content (AvgIpc) is 2.86. The van der Waals surface area contributed by atoms with Crippen molar-refractivity contribution in [3.8, 4) is 17.2 Å². The Morgan fingerprint density at radius 3 is 2.42 bits per heavy atom. The monoisotopic (exact) mass is 468 g/mol. The Morgan fingerprint density at radius 2 is 1.70 bits per heavy atom. The number of rotatable bonds is 7. The first-order valence-electron chi connectivity index (χ1n) is 10.3. The molecular weight excluding hydrogens is 444 g/mol. The zero-order valence-electron chi connectivity index (χ0n) is 18.2. The maximum atomic E-state index is 13.5. The molecule has 1 atom stereocenters.